The number of nitrogens with one attached hydrogen (secondary N) is 1. The second kappa shape index (κ2) is 13.3. The maximum absolute atomic E-state index is 12.2. The molecule has 3 amide bonds. The number of phenolic OH excluding ortho intramolecular Hbond substituents is 1. The van der Waals surface area contributed by atoms with Crippen molar-refractivity contribution in [3.63, 3.8) is 0 Å². The third kappa shape index (κ3) is 7.02. The van der Waals surface area contributed by atoms with Crippen LogP contribution in [0.1, 0.15) is 74.7 Å². The molecule has 1 unspecified atom stereocenters. The molecule has 2 fully saturated rings. The molecular formula is C22H35N3O4S. The summed E-state index contributed by atoms with van der Waals surface area (Å²) in [7, 11) is 0. The van der Waals surface area contributed by atoms with Crippen LogP contribution >= 0.6 is 12.6 Å². The van der Waals surface area contributed by atoms with Crippen LogP contribution in [0.3, 0.4) is 0 Å². The van der Waals surface area contributed by atoms with E-state index in [0.29, 0.717) is 23.6 Å². The second-order valence-electron chi connectivity index (χ2n) is 7.14. The van der Waals surface area contributed by atoms with E-state index in [4.69, 9.17) is 5.73 Å². The Labute approximate surface area is 184 Å². The number of nitrogens with two attached hydrogens (primary N) is 1. The largest absolute Gasteiger partial charge is 0.508 e. The minimum Gasteiger partial charge on any atom is -0.508 e. The normalized spacial score (nSPS) is 20.5. The lowest BCUT2D eigenvalue weighted by Gasteiger charge is -2.29. The van der Waals surface area contributed by atoms with Crippen molar-refractivity contribution in [1.29, 1.82) is 0 Å². The summed E-state index contributed by atoms with van der Waals surface area (Å²) < 4.78 is 0. The Kier molecular flexibility index (Phi) is 11.5. The number of hydrogen-bond acceptors (Lipinski definition) is 6. The predicted molar refractivity (Wildman–Crippen MR) is 121 cm³/mol. The molecule has 8 heteroatoms. The molecule has 2 heterocycles. The number of thiol groups is 1. The highest BCUT2D eigenvalue weighted by Gasteiger charge is 2.38. The van der Waals surface area contributed by atoms with E-state index in [1.54, 1.807) is 12.3 Å². The SMILES string of the molecule is CC.CS.NC1CCCCC1.O=C1CCC(N2Cc3cc(O)ccc3C2=O)C(=O)N1. The number of rotatable bonds is 1. The first-order valence-electron chi connectivity index (χ1n) is 10.6. The van der Waals surface area contributed by atoms with E-state index < -0.39 is 11.9 Å². The van der Waals surface area contributed by atoms with Gasteiger partial charge >= 0.3 is 0 Å². The van der Waals surface area contributed by atoms with Crippen molar-refractivity contribution < 1.29 is 19.5 Å². The van der Waals surface area contributed by atoms with Crippen LogP contribution in [0.2, 0.25) is 0 Å². The Morgan fingerprint density at radius 1 is 1.07 bits per heavy atom. The molecule has 3 aliphatic rings. The predicted octanol–water partition coefficient (Wildman–Crippen LogP) is 3.00. The standard InChI is InChI=1S/C13H12N2O4.C6H13N.C2H6.CH4S/c16-8-1-2-9-7(5-8)6-15(13(9)19)10-3-4-11(17)14-12(10)18;7-6-4-2-1-3-5-6;2*1-2/h1-2,5,10,16H,3-4,6H2,(H,14,17,18);6H,1-5,7H2;1-2H3;2H,1H3. The number of fused-ring (bicyclic) bond motifs is 1. The summed E-state index contributed by atoms with van der Waals surface area (Å²) in [6.45, 7) is 4.29. The molecule has 0 radical (unpaired) electrons. The van der Waals surface area contributed by atoms with E-state index in [1.165, 1.54) is 49.1 Å². The molecule has 30 heavy (non-hydrogen) atoms. The van der Waals surface area contributed by atoms with Crippen molar-refractivity contribution in [2.45, 2.75) is 77.4 Å². The number of benzene rings is 1. The summed E-state index contributed by atoms with van der Waals surface area (Å²) in [5.41, 5.74) is 6.84. The van der Waals surface area contributed by atoms with Crippen molar-refractivity contribution in [1.82, 2.24) is 10.2 Å². The summed E-state index contributed by atoms with van der Waals surface area (Å²) >= 11 is 3.53. The molecule has 7 nitrogen and oxygen atoms in total. The number of aromatic hydroxyl groups is 1. The quantitative estimate of drug-likeness (QED) is 0.398. The molecule has 1 aromatic rings. The van der Waals surface area contributed by atoms with Crippen LogP contribution in [-0.2, 0) is 16.1 Å². The average molecular weight is 438 g/mol. The maximum Gasteiger partial charge on any atom is 0.255 e. The second-order valence-corrected chi connectivity index (χ2v) is 7.14. The molecule has 2 aliphatic heterocycles. The van der Waals surface area contributed by atoms with Crippen molar-refractivity contribution in [3.05, 3.63) is 29.3 Å². The first-order valence-corrected chi connectivity index (χ1v) is 11.5. The lowest BCUT2D eigenvalue weighted by Crippen LogP contribution is -2.52. The van der Waals surface area contributed by atoms with Crippen molar-refractivity contribution >= 4 is 30.4 Å². The van der Waals surface area contributed by atoms with Crippen LogP contribution in [0, 0.1) is 0 Å². The summed E-state index contributed by atoms with van der Waals surface area (Å²) in [6, 6.07) is 4.45. The highest BCUT2D eigenvalue weighted by atomic mass is 32.1. The van der Waals surface area contributed by atoms with Gasteiger partial charge in [0.05, 0.1) is 0 Å². The molecule has 4 rings (SSSR count). The first kappa shape index (κ1) is 26.0. The van der Waals surface area contributed by atoms with Gasteiger partial charge in [-0.25, -0.2) is 0 Å². The third-order valence-electron chi connectivity index (χ3n) is 5.16. The highest BCUT2D eigenvalue weighted by Crippen LogP contribution is 2.29. The zero-order chi connectivity index (χ0) is 22.7. The fourth-order valence-corrected chi connectivity index (χ4v) is 3.70. The van der Waals surface area contributed by atoms with Gasteiger partial charge in [0.25, 0.3) is 5.91 Å². The molecule has 1 aliphatic carbocycles. The number of phenols is 1. The minimum atomic E-state index is -0.611. The fraction of sp³-hybridized carbons (Fsp3) is 0.591. The van der Waals surface area contributed by atoms with Crippen LogP contribution in [0.5, 0.6) is 5.75 Å². The average Bonchev–Trinajstić information content (AvgIpc) is 3.07. The number of carbonyl (C=O) groups is 3. The van der Waals surface area contributed by atoms with E-state index in [-0.39, 0.29) is 30.5 Å². The van der Waals surface area contributed by atoms with Gasteiger partial charge < -0.3 is 15.7 Å². The number of imide groups is 1. The molecule has 1 atom stereocenters. The van der Waals surface area contributed by atoms with Crippen LogP contribution < -0.4 is 11.1 Å². The summed E-state index contributed by atoms with van der Waals surface area (Å²) in [4.78, 5) is 36.6. The molecule has 168 valence electrons. The molecule has 1 saturated heterocycles. The molecule has 0 bridgehead atoms. The van der Waals surface area contributed by atoms with E-state index in [9.17, 15) is 19.5 Å². The number of hydrogen-bond donors (Lipinski definition) is 4. The summed E-state index contributed by atoms with van der Waals surface area (Å²) in [6.07, 6.45) is 8.94. The Morgan fingerprint density at radius 3 is 2.23 bits per heavy atom. The minimum absolute atomic E-state index is 0.0941. The van der Waals surface area contributed by atoms with E-state index in [1.807, 2.05) is 13.8 Å². The van der Waals surface area contributed by atoms with E-state index in [0.717, 1.165) is 0 Å². The van der Waals surface area contributed by atoms with Crippen molar-refractivity contribution in [3.8, 4) is 5.75 Å². The fourth-order valence-electron chi connectivity index (χ4n) is 3.70. The van der Waals surface area contributed by atoms with Crippen molar-refractivity contribution in [2.24, 2.45) is 5.73 Å². The molecule has 1 aromatic carbocycles. The van der Waals surface area contributed by atoms with Gasteiger partial charge in [0.2, 0.25) is 11.8 Å². The Balaban J connectivity index is 0.000000343. The van der Waals surface area contributed by atoms with Crippen LogP contribution in [0.4, 0.5) is 0 Å². The van der Waals surface area contributed by atoms with E-state index in [2.05, 4.69) is 17.9 Å². The number of amides is 3. The van der Waals surface area contributed by atoms with Crippen molar-refractivity contribution in [2.75, 3.05) is 6.26 Å². The smallest absolute Gasteiger partial charge is 0.255 e. The lowest BCUT2D eigenvalue weighted by atomic mass is 9.97. The van der Waals surface area contributed by atoms with Gasteiger partial charge in [-0.15, -0.1) is 0 Å². The topological polar surface area (TPSA) is 113 Å². The van der Waals surface area contributed by atoms with Gasteiger partial charge in [-0.2, -0.15) is 12.6 Å². The Morgan fingerprint density at radius 2 is 1.70 bits per heavy atom. The zero-order valence-electron chi connectivity index (χ0n) is 18.2. The molecule has 1 saturated carbocycles. The zero-order valence-corrected chi connectivity index (χ0v) is 19.1. The van der Waals surface area contributed by atoms with Gasteiger partial charge in [-0.1, -0.05) is 33.1 Å². The molecule has 0 spiro atoms. The van der Waals surface area contributed by atoms with Gasteiger partial charge in [-0.05, 0) is 49.3 Å². The molecule has 4 N–H and O–H groups in total. The number of carbonyl (C=O) groups excluding carboxylic acids is 3. The van der Waals surface area contributed by atoms with E-state index >= 15 is 0 Å². The Bertz CT molecular complexity index is 720. The van der Waals surface area contributed by atoms with Gasteiger partial charge in [0.15, 0.2) is 0 Å². The van der Waals surface area contributed by atoms with Crippen LogP contribution in [0.15, 0.2) is 18.2 Å². The summed E-state index contributed by atoms with van der Waals surface area (Å²) in [5, 5.41) is 11.7. The number of piperidine rings is 1. The monoisotopic (exact) mass is 437 g/mol. The third-order valence-corrected chi connectivity index (χ3v) is 5.16. The van der Waals surface area contributed by atoms with Crippen LogP contribution in [0.25, 0.3) is 0 Å². The van der Waals surface area contributed by atoms with Gasteiger partial charge in [0, 0.05) is 24.6 Å². The molecule has 0 aromatic heterocycles. The maximum atomic E-state index is 12.2. The van der Waals surface area contributed by atoms with Gasteiger partial charge in [0.1, 0.15) is 11.8 Å². The highest BCUT2D eigenvalue weighted by molar-refractivity contribution is 7.79. The van der Waals surface area contributed by atoms with Gasteiger partial charge in [-0.3, -0.25) is 19.7 Å². The molecular weight excluding hydrogens is 402 g/mol. The van der Waals surface area contributed by atoms with Crippen LogP contribution in [-0.4, -0.2) is 46.1 Å². The Hall–Kier alpha value is -2.06. The first-order chi connectivity index (χ1) is 14.5. The number of nitrogens with zero attached hydrogens (tertiary/aromatic N) is 1. The summed E-state index contributed by atoms with van der Waals surface area (Å²) in [5.74, 6) is -0.870. The lowest BCUT2D eigenvalue weighted by molar-refractivity contribution is -0.136.